The number of ether oxygens (including phenoxy) is 1. The second kappa shape index (κ2) is 6.28. The van der Waals surface area contributed by atoms with Crippen LogP contribution in [0.1, 0.15) is 31.2 Å². The Kier molecular flexibility index (Phi) is 4.45. The van der Waals surface area contributed by atoms with E-state index in [1.807, 2.05) is 12.1 Å². The highest BCUT2D eigenvalue weighted by atomic mass is 16.5. The molecule has 4 heteroatoms. The van der Waals surface area contributed by atoms with Gasteiger partial charge >= 0.3 is 0 Å². The highest BCUT2D eigenvalue weighted by Crippen LogP contribution is 2.24. The molecule has 1 saturated carbocycles. The van der Waals surface area contributed by atoms with Gasteiger partial charge in [0.2, 0.25) is 0 Å². The molecule has 1 aliphatic carbocycles. The Morgan fingerprint density at radius 2 is 1.83 bits per heavy atom. The van der Waals surface area contributed by atoms with Gasteiger partial charge in [-0.05, 0) is 49.8 Å². The van der Waals surface area contributed by atoms with Gasteiger partial charge in [-0.3, -0.25) is 4.99 Å². The van der Waals surface area contributed by atoms with Gasteiger partial charge in [0.1, 0.15) is 5.75 Å². The van der Waals surface area contributed by atoms with Gasteiger partial charge in [0.05, 0.1) is 6.10 Å². The first-order chi connectivity index (χ1) is 8.74. The summed E-state index contributed by atoms with van der Waals surface area (Å²) in [6.07, 6.45) is 6.22. The lowest BCUT2D eigenvalue weighted by atomic mass is 10.1. The molecule has 0 unspecified atom stereocenters. The van der Waals surface area contributed by atoms with Gasteiger partial charge in [0, 0.05) is 6.54 Å². The summed E-state index contributed by atoms with van der Waals surface area (Å²) < 4.78 is 5.91. The molecular formula is C14H21N3O. The van der Waals surface area contributed by atoms with Gasteiger partial charge in [0.25, 0.3) is 0 Å². The molecule has 0 aromatic heterocycles. The van der Waals surface area contributed by atoms with Crippen LogP contribution in [-0.2, 0) is 6.42 Å². The van der Waals surface area contributed by atoms with Crippen molar-refractivity contribution in [3.05, 3.63) is 29.8 Å². The van der Waals surface area contributed by atoms with Crippen LogP contribution in [0.4, 0.5) is 0 Å². The Bertz CT molecular complexity index is 390. The Morgan fingerprint density at radius 3 is 2.44 bits per heavy atom. The number of nitrogens with zero attached hydrogens (tertiary/aromatic N) is 1. The normalized spacial score (nSPS) is 15.6. The van der Waals surface area contributed by atoms with Gasteiger partial charge in [-0.25, -0.2) is 0 Å². The van der Waals surface area contributed by atoms with Crippen LogP contribution in [0.15, 0.2) is 29.3 Å². The van der Waals surface area contributed by atoms with E-state index in [4.69, 9.17) is 16.2 Å². The SMILES string of the molecule is NC(N)=NCCc1ccc(OC2CCCC2)cc1. The maximum atomic E-state index is 5.91. The molecule has 1 aromatic rings. The lowest BCUT2D eigenvalue weighted by molar-refractivity contribution is 0.210. The summed E-state index contributed by atoms with van der Waals surface area (Å²) in [5.74, 6) is 1.11. The molecule has 2 rings (SSSR count). The zero-order valence-corrected chi connectivity index (χ0v) is 10.6. The molecule has 0 spiro atoms. The summed E-state index contributed by atoms with van der Waals surface area (Å²) in [4.78, 5) is 3.97. The number of rotatable bonds is 5. The van der Waals surface area contributed by atoms with Gasteiger partial charge in [-0.2, -0.15) is 0 Å². The van der Waals surface area contributed by atoms with Crippen molar-refractivity contribution in [2.75, 3.05) is 6.54 Å². The number of guanidine groups is 1. The number of benzene rings is 1. The van der Waals surface area contributed by atoms with Crippen molar-refractivity contribution in [1.29, 1.82) is 0 Å². The predicted molar refractivity (Wildman–Crippen MR) is 73.7 cm³/mol. The lowest BCUT2D eigenvalue weighted by Gasteiger charge is -2.13. The van der Waals surface area contributed by atoms with Crippen LogP contribution in [0.25, 0.3) is 0 Å². The molecule has 0 heterocycles. The molecule has 98 valence electrons. The minimum Gasteiger partial charge on any atom is -0.490 e. The molecule has 4 nitrogen and oxygen atoms in total. The van der Waals surface area contributed by atoms with Gasteiger partial charge in [0.15, 0.2) is 5.96 Å². The average molecular weight is 247 g/mol. The van der Waals surface area contributed by atoms with Crippen LogP contribution >= 0.6 is 0 Å². The fourth-order valence-corrected chi connectivity index (χ4v) is 2.25. The number of nitrogens with two attached hydrogens (primary N) is 2. The summed E-state index contributed by atoms with van der Waals surface area (Å²) in [6.45, 7) is 0.630. The highest BCUT2D eigenvalue weighted by molar-refractivity contribution is 5.75. The van der Waals surface area contributed by atoms with E-state index in [0.29, 0.717) is 12.6 Å². The predicted octanol–water partition coefficient (Wildman–Crippen LogP) is 1.82. The van der Waals surface area contributed by atoms with Crippen molar-refractivity contribution in [3.63, 3.8) is 0 Å². The quantitative estimate of drug-likeness (QED) is 0.615. The first-order valence-electron chi connectivity index (χ1n) is 6.55. The largest absolute Gasteiger partial charge is 0.490 e. The third-order valence-corrected chi connectivity index (χ3v) is 3.22. The lowest BCUT2D eigenvalue weighted by Crippen LogP contribution is -2.23. The van der Waals surface area contributed by atoms with Crippen molar-refractivity contribution in [3.8, 4) is 5.75 Å². The minimum atomic E-state index is 0.149. The second-order valence-electron chi connectivity index (χ2n) is 4.72. The van der Waals surface area contributed by atoms with E-state index in [9.17, 15) is 0 Å². The van der Waals surface area contributed by atoms with Crippen molar-refractivity contribution in [1.82, 2.24) is 0 Å². The van der Waals surface area contributed by atoms with Crippen LogP contribution in [0.3, 0.4) is 0 Å². The third kappa shape index (κ3) is 3.95. The fraction of sp³-hybridized carbons (Fsp3) is 0.500. The molecule has 1 aliphatic rings. The van der Waals surface area contributed by atoms with Crippen molar-refractivity contribution in [2.24, 2.45) is 16.5 Å². The maximum absolute atomic E-state index is 5.91. The third-order valence-electron chi connectivity index (χ3n) is 3.22. The Hall–Kier alpha value is -1.71. The molecular weight excluding hydrogens is 226 g/mol. The zero-order valence-electron chi connectivity index (χ0n) is 10.6. The maximum Gasteiger partial charge on any atom is 0.185 e. The monoisotopic (exact) mass is 247 g/mol. The summed E-state index contributed by atoms with van der Waals surface area (Å²) >= 11 is 0. The van der Waals surface area contributed by atoms with Crippen LogP contribution in [0.5, 0.6) is 5.75 Å². The molecule has 4 N–H and O–H groups in total. The van der Waals surface area contributed by atoms with Crippen LogP contribution in [0.2, 0.25) is 0 Å². The van der Waals surface area contributed by atoms with E-state index in [-0.39, 0.29) is 5.96 Å². The minimum absolute atomic E-state index is 0.149. The van der Waals surface area contributed by atoms with E-state index in [0.717, 1.165) is 12.2 Å². The summed E-state index contributed by atoms with van der Waals surface area (Å²) in [5.41, 5.74) is 11.8. The van der Waals surface area contributed by atoms with Crippen LogP contribution in [-0.4, -0.2) is 18.6 Å². The van der Waals surface area contributed by atoms with Gasteiger partial charge in [-0.1, -0.05) is 12.1 Å². The Labute approximate surface area is 108 Å². The number of hydrogen-bond donors (Lipinski definition) is 2. The zero-order chi connectivity index (χ0) is 12.8. The summed E-state index contributed by atoms with van der Waals surface area (Å²) in [6, 6.07) is 8.21. The molecule has 1 aromatic carbocycles. The molecule has 0 radical (unpaired) electrons. The van der Waals surface area contributed by atoms with Gasteiger partial charge in [-0.15, -0.1) is 0 Å². The van der Waals surface area contributed by atoms with Gasteiger partial charge < -0.3 is 16.2 Å². The molecule has 1 fully saturated rings. The highest BCUT2D eigenvalue weighted by Gasteiger charge is 2.16. The fourth-order valence-electron chi connectivity index (χ4n) is 2.25. The van der Waals surface area contributed by atoms with Crippen LogP contribution in [0, 0.1) is 0 Å². The van der Waals surface area contributed by atoms with Crippen molar-refractivity contribution in [2.45, 2.75) is 38.2 Å². The molecule has 18 heavy (non-hydrogen) atoms. The summed E-state index contributed by atoms with van der Waals surface area (Å²) in [7, 11) is 0. The first kappa shape index (κ1) is 12.7. The Balaban J connectivity index is 1.83. The number of hydrogen-bond acceptors (Lipinski definition) is 2. The van der Waals surface area contributed by atoms with Crippen LogP contribution < -0.4 is 16.2 Å². The van der Waals surface area contributed by atoms with Crippen molar-refractivity contribution >= 4 is 5.96 Å². The standard InChI is InChI=1S/C14H21N3O/c15-14(16)17-10-9-11-5-7-13(8-6-11)18-12-3-1-2-4-12/h5-8,12H,1-4,9-10H2,(H4,15,16,17). The molecule has 0 aliphatic heterocycles. The average Bonchev–Trinajstić information content (AvgIpc) is 2.84. The van der Waals surface area contributed by atoms with E-state index in [2.05, 4.69) is 17.1 Å². The number of aliphatic imine (C=N–C) groups is 1. The Morgan fingerprint density at radius 1 is 1.17 bits per heavy atom. The first-order valence-corrected chi connectivity index (χ1v) is 6.55. The molecule has 0 atom stereocenters. The topological polar surface area (TPSA) is 73.6 Å². The summed E-state index contributed by atoms with van der Waals surface area (Å²) in [5, 5.41) is 0. The van der Waals surface area contributed by atoms with E-state index < -0.39 is 0 Å². The van der Waals surface area contributed by atoms with E-state index >= 15 is 0 Å². The van der Waals surface area contributed by atoms with Crippen molar-refractivity contribution < 1.29 is 4.74 Å². The molecule has 0 bridgehead atoms. The molecule has 0 amide bonds. The van der Waals surface area contributed by atoms with E-state index in [1.165, 1.54) is 31.2 Å². The van der Waals surface area contributed by atoms with E-state index in [1.54, 1.807) is 0 Å². The molecule has 0 saturated heterocycles. The smallest absolute Gasteiger partial charge is 0.185 e. The second-order valence-corrected chi connectivity index (χ2v) is 4.72.